The largest absolute Gasteiger partial charge is 0.497 e. The second kappa shape index (κ2) is 9.50. The molecule has 0 aromatic heterocycles. The van der Waals surface area contributed by atoms with Gasteiger partial charge < -0.3 is 9.84 Å². The van der Waals surface area contributed by atoms with Crippen molar-refractivity contribution in [3.8, 4) is 34.1 Å². The van der Waals surface area contributed by atoms with Crippen LogP contribution < -0.4 is 4.74 Å². The molecule has 0 spiro atoms. The highest BCUT2D eigenvalue weighted by Gasteiger charge is 2.30. The summed E-state index contributed by atoms with van der Waals surface area (Å²) in [5.74, 6) is 0.0716. The second-order valence-corrected chi connectivity index (χ2v) is 6.86. The highest BCUT2D eigenvalue weighted by molar-refractivity contribution is 5.95. The second-order valence-electron chi connectivity index (χ2n) is 6.86. The Kier molecular flexibility index (Phi) is 6.76. The van der Waals surface area contributed by atoms with E-state index in [1.165, 1.54) is 31.4 Å². The third kappa shape index (κ3) is 5.05. The van der Waals surface area contributed by atoms with Crippen molar-refractivity contribution in [1.29, 1.82) is 5.26 Å². The molecule has 3 aromatic carbocycles. The van der Waals surface area contributed by atoms with Crippen molar-refractivity contribution in [3.63, 3.8) is 0 Å². The molecule has 0 aliphatic rings. The van der Waals surface area contributed by atoms with Crippen LogP contribution >= 0.6 is 0 Å². The van der Waals surface area contributed by atoms with Crippen molar-refractivity contribution in [2.24, 2.45) is 0 Å². The summed E-state index contributed by atoms with van der Waals surface area (Å²) in [5, 5.41) is 18.6. The zero-order chi connectivity index (χ0) is 23.3. The lowest BCUT2D eigenvalue weighted by molar-refractivity contribution is -0.137. The van der Waals surface area contributed by atoms with E-state index in [1.807, 2.05) is 0 Å². The van der Waals surface area contributed by atoms with Crippen molar-refractivity contribution in [2.75, 3.05) is 13.7 Å². The molecule has 162 valence electrons. The molecule has 0 amide bonds. The molecule has 0 fully saturated rings. The number of methoxy groups -OCH3 is 1. The van der Waals surface area contributed by atoms with Gasteiger partial charge in [-0.3, -0.25) is 4.79 Å². The molecule has 0 aliphatic carbocycles. The number of aliphatic hydroxyl groups is 1. The molecule has 0 unspecified atom stereocenters. The van der Waals surface area contributed by atoms with E-state index < -0.39 is 24.1 Å². The summed E-state index contributed by atoms with van der Waals surface area (Å²) >= 11 is 0. The van der Waals surface area contributed by atoms with Gasteiger partial charge in [-0.25, -0.2) is 0 Å². The van der Waals surface area contributed by atoms with Gasteiger partial charge in [-0.1, -0.05) is 36.4 Å². The van der Waals surface area contributed by atoms with Gasteiger partial charge in [0.2, 0.25) is 0 Å². The van der Waals surface area contributed by atoms with Crippen molar-refractivity contribution in [1.82, 2.24) is 0 Å². The number of hydrogen-bond acceptors (Lipinski definition) is 4. The molecule has 0 saturated heterocycles. The van der Waals surface area contributed by atoms with Crippen molar-refractivity contribution in [3.05, 3.63) is 83.4 Å². The van der Waals surface area contributed by atoms with E-state index in [4.69, 9.17) is 9.84 Å². The average Bonchev–Trinajstić information content (AvgIpc) is 2.81. The number of nitrogens with zero attached hydrogens (tertiary/aromatic N) is 1. The molecular weight excluding hydrogens is 419 g/mol. The van der Waals surface area contributed by atoms with Gasteiger partial charge in [0.05, 0.1) is 24.3 Å². The summed E-state index contributed by atoms with van der Waals surface area (Å²) in [7, 11) is 1.50. The van der Waals surface area contributed by atoms with E-state index in [1.54, 1.807) is 36.4 Å². The molecule has 0 bridgehead atoms. The minimum absolute atomic E-state index is 0.207. The molecule has 3 aromatic rings. The fraction of sp³-hybridized carbons (Fsp3) is 0.120. The lowest BCUT2D eigenvalue weighted by atomic mass is 9.92. The van der Waals surface area contributed by atoms with Crippen LogP contribution in [0.3, 0.4) is 0 Å². The topological polar surface area (TPSA) is 70.3 Å². The van der Waals surface area contributed by atoms with Gasteiger partial charge in [0.25, 0.3) is 0 Å². The molecule has 0 aliphatic heterocycles. The van der Waals surface area contributed by atoms with Crippen LogP contribution in [0.1, 0.15) is 16.7 Å². The molecule has 0 radical (unpaired) electrons. The molecule has 1 N–H and O–H groups in total. The summed E-state index contributed by atoms with van der Waals surface area (Å²) in [6.45, 7) is -0.625. The SMILES string of the molecule is COc1ccc(-c2ccc(-c3cccc(C(F)(F)F)c3)c(C#N)c2)c(/C=C/C(=O)CO)c1. The molecular formula is C25H18F3NO3. The van der Waals surface area contributed by atoms with Crippen LogP contribution in [0.15, 0.2) is 66.7 Å². The molecule has 0 saturated carbocycles. The van der Waals surface area contributed by atoms with Crippen LogP contribution in [0.2, 0.25) is 0 Å². The molecule has 3 rings (SSSR count). The van der Waals surface area contributed by atoms with Crippen LogP contribution in [-0.2, 0) is 11.0 Å². The van der Waals surface area contributed by atoms with Crippen molar-refractivity contribution in [2.45, 2.75) is 6.18 Å². The Morgan fingerprint density at radius 3 is 2.44 bits per heavy atom. The molecule has 0 heterocycles. The summed E-state index contributed by atoms with van der Waals surface area (Å²) in [5.41, 5.74) is 2.01. The van der Waals surface area contributed by atoms with E-state index in [0.29, 0.717) is 28.0 Å². The number of nitriles is 1. The Hall–Kier alpha value is -3.89. The zero-order valence-corrected chi connectivity index (χ0v) is 17.0. The summed E-state index contributed by atoms with van der Waals surface area (Å²) in [6, 6.07) is 16.9. The first-order valence-electron chi connectivity index (χ1n) is 9.48. The number of aliphatic hydroxyl groups excluding tert-OH is 1. The number of benzene rings is 3. The number of carbonyl (C=O) groups is 1. The first kappa shape index (κ1) is 22.8. The molecule has 0 atom stereocenters. The standard InChI is InChI=1S/C25H18F3NO3/c1-32-22-8-10-23(18(13-22)5-7-21(31)15-30)17-6-9-24(19(11-17)14-29)16-3-2-4-20(12-16)25(26,27)28/h2-13,30H,15H2,1H3/b7-5+. The number of alkyl halides is 3. The quantitative estimate of drug-likeness (QED) is 0.518. The van der Waals surface area contributed by atoms with Crippen molar-refractivity contribution < 1.29 is 27.8 Å². The third-order valence-corrected chi connectivity index (χ3v) is 4.82. The van der Waals surface area contributed by atoms with E-state index in [9.17, 15) is 23.2 Å². The van der Waals surface area contributed by atoms with Gasteiger partial charge in [0.1, 0.15) is 12.4 Å². The smallest absolute Gasteiger partial charge is 0.416 e. The first-order valence-corrected chi connectivity index (χ1v) is 9.48. The maximum Gasteiger partial charge on any atom is 0.416 e. The van der Waals surface area contributed by atoms with Crippen molar-refractivity contribution >= 4 is 11.9 Å². The predicted molar refractivity (Wildman–Crippen MR) is 115 cm³/mol. The lowest BCUT2D eigenvalue weighted by Gasteiger charge is -2.13. The Balaban J connectivity index is 2.10. The fourth-order valence-corrected chi connectivity index (χ4v) is 3.22. The normalized spacial score (nSPS) is 11.4. The average molecular weight is 437 g/mol. The highest BCUT2D eigenvalue weighted by Crippen LogP contribution is 2.35. The Labute approximate surface area is 182 Å². The number of halogens is 3. The minimum Gasteiger partial charge on any atom is -0.497 e. The number of ketones is 1. The van der Waals surface area contributed by atoms with Gasteiger partial charge in [-0.05, 0) is 64.2 Å². The van der Waals surface area contributed by atoms with E-state index in [0.717, 1.165) is 12.1 Å². The number of hydrogen-bond donors (Lipinski definition) is 1. The van der Waals surface area contributed by atoms with Crippen LogP contribution in [-0.4, -0.2) is 24.6 Å². The maximum atomic E-state index is 13.1. The van der Waals surface area contributed by atoms with E-state index in [2.05, 4.69) is 6.07 Å². The Bertz CT molecular complexity index is 1220. The monoisotopic (exact) mass is 437 g/mol. The van der Waals surface area contributed by atoms with Crippen LogP contribution in [0.4, 0.5) is 13.2 Å². The first-order chi connectivity index (χ1) is 15.3. The minimum atomic E-state index is -4.49. The number of rotatable bonds is 6. The summed E-state index contributed by atoms with van der Waals surface area (Å²) in [4.78, 5) is 11.5. The summed E-state index contributed by atoms with van der Waals surface area (Å²) < 4.78 is 44.5. The molecule has 7 heteroatoms. The van der Waals surface area contributed by atoms with Gasteiger partial charge in [-0.2, -0.15) is 18.4 Å². The van der Waals surface area contributed by atoms with Gasteiger partial charge in [0, 0.05) is 0 Å². The molecule has 32 heavy (non-hydrogen) atoms. The van der Waals surface area contributed by atoms with Gasteiger partial charge >= 0.3 is 6.18 Å². The van der Waals surface area contributed by atoms with Gasteiger partial charge in [0.15, 0.2) is 5.78 Å². The van der Waals surface area contributed by atoms with Gasteiger partial charge in [-0.15, -0.1) is 0 Å². The third-order valence-electron chi connectivity index (χ3n) is 4.82. The molecule has 4 nitrogen and oxygen atoms in total. The lowest BCUT2D eigenvalue weighted by Crippen LogP contribution is -2.04. The number of carbonyl (C=O) groups excluding carboxylic acids is 1. The predicted octanol–water partition coefficient (Wildman–Crippen LogP) is 5.49. The number of ether oxygens (including phenoxy) is 1. The maximum absolute atomic E-state index is 13.1. The highest BCUT2D eigenvalue weighted by atomic mass is 19.4. The Morgan fingerprint density at radius 2 is 1.78 bits per heavy atom. The Morgan fingerprint density at radius 1 is 1.06 bits per heavy atom. The summed E-state index contributed by atoms with van der Waals surface area (Å²) in [6.07, 6.45) is -1.72. The van der Waals surface area contributed by atoms with E-state index >= 15 is 0 Å². The fourth-order valence-electron chi connectivity index (χ4n) is 3.22. The van der Waals surface area contributed by atoms with E-state index in [-0.39, 0.29) is 11.1 Å². The van der Waals surface area contributed by atoms with Crippen LogP contribution in [0, 0.1) is 11.3 Å². The van der Waals surface area contributed by atoms with Crippen LogP contribution in [0.5, 0.6) is 5.75 Å². The zero-order valence-electron chi connectivity index (χ0n) is 17.0. The van der Waals surface area contributed by atoms with Crippen LogP contribution in [0.25, 0.3) is 28.3 Å².